The van der Waals surface area contributed by atoms with Gasteiger partial charge < -0.3 is 0 Å². The Bertz CT molecular complexity index is 405. The fourth-order valence-electron chi connectivity index (χ4n) is 1.17. The van der Waals surface area contributed by atoms with Crippen LogP contribution in [0.15, 0.2) is 30.5 Å². The lowest BCUT2D eigenvalue weighted by molar-refractivity contribution is 0.628. The lowest BCUT2D eigenvalue weighted by Gasteiger charge is -1.97. The van der Waals surface area contributed by atoms with E-state index in [1.165, 1.54) is 23.7 Å². The van der Waals surface area contributed by atoms with Gasteiger partial charge in [-0.2, -0.15) is 0 Å². The minimum Gasteiger partial charge on any atom is -0.207 e. The summed E-state index contributed by atoms with van der Waals surface area (Å²) in [6, 6.07) is 6.48. The SMILES string of the molecule is Cc1cnsc1-c1ccc(F)cc1. The molecule has 0 bridgehead atoms. The quantitative estimate of drug-likeness (QED) is 0.677. The summed E-state index contributed by atoms with van der Waals surface area (Å²) in [6.07, 6.45) is 1.82. The van der Waals surface area contributed by atoms with E-state index in [-0.39, 0.29) is 5.82 Å². The molecule has 1 heterocycles. The number of nitrogens with zero attached hydrogens (tertiary/aromatic N) is 1. The van der Waals surface area contributed by atoms with Gasteiger partial charge in [0.2, 0.25) is 0 Å². The first-order valence-corrected chi connectivity index (χ1v) is 4.72. The highest BCUT2D eigenvalue weighted by molar-refractivity contribution is 7.09. The Labute approximate surface area is 80.0 Å². The first kappa shape index (κ1) is 8.38. The molecule has 2 aromatic rings. The Morgan fingerprint density at radius 2 is 1.92 bits per heavy atom. The molecule has 0 radical (unpaired) electrons. The molecule has 0 saturated heterocycles. The molecule has 0 amide bonds. The Morgan fingerprint density at radius 3 is 2.46 bits per heavy atom. The van der Waals surface area contributed by atoms with Crippen molar-refractivity contribution in [3.8, 4) is 10.4 Å². The van der Waals surface area contributed by atoms with Gasteiger partial charge >= 0.3 is 0 Å². The van der Waals surface area contributed by atoms with E-state index in [9.17, 15) is 4.39 Å². The van der Waals surface area contributed by atoms with Gasteiger partial charge in [-0.05, 0) is 41.7 Å². The largest absolute Gasteiger partial charge is 0.207 e. The molecule has 2 rings (SSSR count). The van der Waals surface area contributed by atoms with Gasteiger partial charge in [0.1, 0.15) is 5.82 Å². The maximum Gasteiger partial charge on any atom is 0.123 e. The summed E-state index contributed by atoms with van der Waals surface area (Å²) in [5.74, 6) is -0.203. The zero-order valence-electron chi connectivity index (χ0n) is 7.12. The Balaban J connectivity index is 2.47. The van der Waals surface area contributed by atoms with Crippen LogP contribution in [0.5, 0.6) is 0 Å². The zero-order valence-corrected chi connectivity index (χ0v) is 7.94. The van der Waals surface area contributed by atoms with E-state index in [4.69, 9.17) is 0 Å². The van der Waals surface area contributed by atoms with Crippen molar-refractivity contribution in [2.75, 3.05) is 0 Å². The smallest absolute Gasteiger partial charge is 0.123 e. The van der Waals surface area contributed by atoms with Crippen LogP contribution in [0.1, 0.15) is 5.56 Å². The molecule has 0 aliphatic carbocycles. The van der Waals surface area contributed by atoms with E-state index in [0.717, 1.165) is 16.0 Å². The molecule has 66 valence electrons. The molecule has 0 aliphatic heterocycles. The first-order chi connectivity index (χ1) is 6.27. The number of aromatic nitrogens is 1. The standard InChI is InChI=1S/C10H8FNS/c1-7-6-12-13-10(7)8-2-4-9(11)5-3-8/h2-6H,1H3. The van der Waals surface area contributed by atoms with Gasteiger partial charge in [-0.15, -0.1) is 0 Å². The van der Waals surface area contributed by atoms with Crippen LogP contribution >= 0.6 is 11.5 Å². The summed E-state index contributed by atoms with van der Waals surface area (Å²) in [6.45, 7) is 2.00. The third-order valence-corrected chi connectivity index (χ3v) is 2.81. The molecule has 1 nitrogen and oxygen atoms in total. The second-order valence-electron chi connectivity index (χ2n) is 2.84. The maximum atomic E-state index is 12.6. The van der Waals surface area contributed by atoms with E-state index in [1.807, 2.05) is 13.1 Å². The molecular formula is C10H8FNS. The normalized spacial score (nSPS) is 10.3. The molecule has 0 saturated carbocycles. The third-order valence-electron chi connectivity index (χ3n) is 1.85. The second-order valence-corrected chi connectivity index (χ2v) is 3.65. The van der Waals surface area contributed by atoms with Crippen LogP contribution in [-0.4, -0.2) is 4.37 Å². The second kappa shape index (κ2) is 3.26. The molecular weight excluding hydrogens is 185 g/mol. The van der Waals surface area contributed by atoms with Gasteiger partial charge in [-0.1, -0.05) is 12.1 Å². The minimum absolute atomic E-state index is 0.203. The van der Waals surface area contributed by atoms with Crippen molar-refractivity contribution in [2.45, 2.75) is 6.92 Å². The first-order valence-electron chi connectivity index (χ1n) is 3.94. The van der Waals surface area contributed by atoms with Crippen LogP contribution in [0.3, 0.4) is 0 Å². The summed E-state index contributed by atoms with van der Waals surface area (Å²) < 4.78 is 16.7. The van der Waals surface area contributed by atoms with Gasteiger partial charge in [0.05, 0.1) is 4.88 Å². The topological polar surface area (TPSA) is 12.9 Å². The van der Waals surface area contributed by atoms with Crippen LogP contribution in [0.4, 0.5) is 4.39 Å². The lowest BCUT2D eigenvalue weighted by atomic mass is 10.1. The van der Waals surface area contributed by atoms with Gasteiger partial charge in [0, 0.05) is 6.20 Å². The predicted molar refractivity (Wildman–Crippen MR) is 52.2 cm³/mol. The molecule has 0 fully saturated rings. The van der Waals surface area contributed by atoms with Crippen LogP contribution < -0.4 is 0 Å². The fraction of sp³-hybridized carbons (Fsp3) is 0.100. The summed E-state index contributed by atoms with van der Waals surface area (Å²) in [7, 11) is 0. The van der Waals surface area contributed by atoms with Gasteiger partial charge in [0.25, 0.3) is 0 Å². The summed E-state index contributed by atoms with van der Waals surface area (Å²) in [5.41, 5.74) is 2.16. The van der Waals surface area contributed by atoms with Gasteiger partial charge in [0.15, 0.2) is 0 Å². The van der Waals surface area contributed by atoms with Crippen LogP contribution in [0.2, 0.25) is 0 Å². The summed E-state index contributed by atoms with van der Waals surface area (Å²) in [5, 5.41) is 0. The predicted octanol–water partition coefficient (Wildman–Crippen LogP) is 3.26. The average molecular weight is 193 g/mol. The molecule has 1 aromatic heterocycles. The van der Waals surface area contributed by atoms with E-state index >= 15 is 0 Å². The summed E-state index contributed by atoms with van der Waals surface area (Å²) in [4.78, 5) is 1.11. The Kier molecular flexibility index (Phi) is 2.10. The molecule has 3 heteroatoms. The number of rotatable bonds is 1. The van der Waals surface area contributed by atoms with Crippen molar-refractivity contribution < 1.29 is 4.39 Å². The molecule has 1 aromatic carbocycles. The number of hydrogen-bond donors (Lipinski definition) is 0. The molecule has 13 heavy (non-hydrogen) atoms. The van der Waals surface area contributed by atoms with Gasteiger partial charge in [-0.25, -0.2) is 8.76 Å². The minimum atomic E-state index is -0.203. The highest BCUT2D eigenvalue weighted by Crippen LogP contribution is 2.26. The molecule has 0 N–H and O–H groups in total. The van der Waals surface area contributed by atoms with E-state index in [2.05, 4.69) is 4.37 Å². The van der Waals surface area contributed by atoms with E-state index < -0.39 is 0 Å². The zero-order chi connectivity index (χ0) is 9.26. The average Bonchev–Trinajstić information content (AvgIpc) is 2.53. The molecule has 0 spiro atoms. The number of halogens is 1. The monoisotopic (exact) mass is 193 g/mol. The maximum absolute atomic E-state index is 12.6. The number of aryl methyl sites for hydroxylation is 1. The summed E-state index contributed by atoms with van der Waals surface area (Å²) >= 11 is 1.44. The third kappa shape index (κ3) is 1.60. The Hall–Kier alpha value is -1.22. The van der Waals surface area contributed by atoms with E-state index in [1.54, 1.807) is 12.1 Å². The van der Waals surface area contributed by atoms with Gasteiger partial charge in [-0.3, -0.25) is 0 Å². The number of benzene rings is 1. The molecule has 0 unspecified atom stereocenters. The highest BCUT2D eigenvalue weighted by atomic mass is 32.1. The fourth-order valence-corrected chi connectivity index (χ4v) is 1.92. The van der Waals surface area contributed by atoms with Crippen molar-refractivity contribution in [2.24, 2.45) is 0 Å². The number of hydrogen-bond acceptors (Lipinski definition) is 2. The van der Waals surface area contributed by atoms with Crippen molar-refractivity contribution in [3.05, 3.63) is 41.8 Å². The molecule has 0 atom stereocenters. The molecule has 0 aliphatic rings. The van der Waals surface area contributed by atoms with Crippen molar-refractivity contribution in [1.29, 1.82) is 0 Å². The van der Waals surface area contributed by atoms with Crippen molar-refractivity contribution >= 4 is 11.5 Å². The van der Waals surface area contributed by atoms with E-state index in [0.29, 0.717) is 0 Å². The van der Waals surface area contributed by atoms with Crippen LogP contribution in [-0.2, 0) is 0 Å². The van der Waals surface area contributed by atoms with Crippen LogP contribution in [0, 0.1) is 12.7 Å². The van der Waals surface area contributed by atoms with Crippen molar-refractivity contribution in [1.82, 2.24) is 4.37 Å². The van der Waals surface area contributed by atoms with Crippen molar-refractivity contribution in [3.63, 3.8) is 0 Å². The lowest BCUT2D eigenvalue weighted by Crippen LogP contribution is -1.76. The van der Waals surface area contributed by atoms with Crippen LogP contribution in [0.25, 0.3) is 10.4 Å². The Morgan fingerprint density at radius 1 is 1.23 bits per heavy atom. The highest BCUT2D eigenvalue weighted by Gasteiger charge is 2.03.